The predicted molar refractivity (Wildman–Crippen MR) is 128 cm³/mol. The van der Waals surface area contributed by atoms with Crippen LogP contribution in [-0.2, 0) is 16.1 Å². The number of carbonyl (C=O) groups excluding carboxylic acids is 2. The molecule has 7 nitrogen and oxygen atoms in total. The second-order valence-corrected chi connectivity index (χ2v) is 8.61. The summed E-state index contributed by atoms with van der Waals surface area (Å²) in [4.78, 5) is 29.7. The molecule has 34 heavy (non-hydrogen) atoms. The van der Waals surface area contributed by atoms with Gasteiger partial charge in [-0.3, -0.25) is 14.6 Å². The van der Waals surface area contributed by atoms with Gasteiger partial charge in [0, 0.05) is 22.2 Å². The number of nitrogens with one attached hydrogen (secondary N) is 1. The summed E-state index contributed by atoms with van der Waals surface area (Å²) in [5, 5.41) is 14.3. The van der Waals surface area contributed by atoms with Crippen molar-refractivity contribution in [2.45, 2.75) is 51.9 Å². The molecule has 0 bridgehead atoms. The summed E-state index contributed by atoms with van der Waals surface area (Å²) in [7, 11) is 0. The van der Waals surface area contributed by atoms with Gasteiger partial charge in [-0.25, -0.2) is 0 Å². The molecule has 3 aromatic rings. The second-order valence-electron chi connectivity index (χ2n) is 8.61. The lowest BCUT2D eigenvalue weighted by atomic mass is 9.82. The molecule has 1 saturated carbocycles. The minimum Gasteiger partial charge on any atom is -0.489 e. The topological polar surface area (TPSA) is 97.8 Å². The molecule has 2 N–H and O–H groups in total. The van der Waals surface area contributed by atoms with Crippen LogP contribution < -0.4 is 10.1 Å². The molecule has 3 atom stereocenters. The number of carbonyl (C=O) groups is 2. The summed E-state index contributed by atoms with van der Waals surface area (Å²) >= 11 is 0. The predicted octanol–water partition coefficient (Wildman–Crippen LogP) is 3.94. The zero-order valence-electron chi connectivity index (χ0n) is 19.5. The summed E-state index contributed by atoms with van der Waals surface area (Å²) in [6.07, 6.45) is 1.05. The van der Waals surface area contributed by atoms with Crippen molar-refractivity contribution in [1.29, 1.82) is 0 Å². The second kappa shape index (κ2) is 10.7. The fourth-order valence-electron chi connectivity index (χ4n) is 4.50. The van der Waals surface area contributed by atoms with Crippen molar-refractivity contribution in [3.05, 3.63) is 71.4 Å². The molecular weight excluding hydrogens is 432 g/mol. The first-order valence-electron chi connectivity index (χ1n) is 11.7. The molecule has 4 rings (SSSR count). The number of pyridine rings is 1. The van der Waals surface area contributed by atoms with Gasteiger partial charge in [0.2, 0.25) is 0 Å². The smallest absolute Gasteiger partial charge is 0.311 e. The molecule has 1 amide bonds. The number of benzene rings is 2. The summed E-state index contributed by atoms with van der Waals surface area (Å²) in [5.74, 6) is -0.636. The van der Waals surface area contributed by atoms with Crippen molar-refractivity contribution in [3.63, 3.8) is 0 Å². The Morgan fingerprint density at radius 1 is 1.12 bits per heavy atom. The van der Waals surface area contributed by atoms with Crippen LogP contribution in [0.5, 0.6) is 5.75 Å². The fourth-order valence-corrected chi connectivity index (χ4v) is 4.50. The van der Waals surface area contributed by atoms with E-state index in [1.54, 1.807) is 31.2 Å². The Labute approximate surface area is 199 Å². The molecule has 7 heteroatoms. The van der Waals surface area contributed by atoms with E-state index in [0.717, 1.165) is 28.6 Å². The molecule has 0 radical (unpaired) electrons. The highest BCUT2D eigenvalue weighted by Gasteiger charge is 2.38. The highest BCUT2D eigenvalue weighted by Crippen LogP contribution is 2.27. The number of rotatable bonds is 7. The monoisotopic (exact) mass is 462 g/mol. The number of hydrogen-bond donors (Lipinski definition) is 2. The third-order valence-electron chi connectivity index (χ3n) is 6.19. The lowest BCUT2D eigenvalue weighted by Crippen LogP contribution is -2.53. The summed E-state index contributed by atoms with van der Waals surface area (Å²) < 4.78 is 11.1. The Morgan fingerprint density at radius 3 is 2.65 bits per heavy atom. The SMILES string of the molecule is CCOC(=O)[C@H]1CCC[C@H](O)C1NC(=O)c1ccc(OCc2cc(C)nc3ccccc23)cc1. The highest BCUT2D eigenvalue weighted by molar-refractivity contribution is 5.95. The number of ether oxygens (including phenoxy) is 2. The molecule has 1 unspecified atom stereocenters. The van der Waals surface area contributed by atoms with Crippen LogP contribution >= 0.6 is 0 Å². The van der Waals surface area contributed by atoms with Gasteiger partial charge in [0.05, 0.1) is 30.2 Å². The fraction of sp³-hybridized carbons (Fsp3) is 0.370. The van der Waals surface area contributed by atoms with Crippen molar-refractivity contribution in [1.82, 2.24) is 10.3 Å². The van der Waals surface area contributed by atoms with Crippen LogP contribution in [0.2, 0.25) is 0 Å². The van der Waals surface area contributed by atoms with Gasteiger partial charge in [-0.2, -0.15) is 0 Å². The molecule has 1 aromatic heterocycles. The van der Waals surface area contributed by atoms with Gasteiger partial charge >= 0.3 is 5.97 Å². The maximum Gasteiger partial charge on any atom is 0.311 e. The molecule has 0 spiro atoms. The van der Waals surface area contributed by atoms with Crippen molar-refractivity contribution in [2.24, 2.45) is 5.92 Å². The number of nitrogens with zero attached hydrogens (tertiary/aromatic N) is 1. The molecule has 0 saturated heterocycles. The zero-order chi connectivity index (χ0) is 24.1. The van der Waals surface area contributed by atoms with E-state index in [9.17, 15) is 14.7 Å². The Morgan fingerprint density at radius 2 is 1.88 bits per heavy atom. The summed E-state index contributed by atoms with van der Waals surface area (Å²) in [6.45, 7) is 4.35. The van der Waals surface area contributed by atoms with Gasteiger partial charge in [-0.1, -0.05) is 18.2 Å². The number of aliphatic hydroxyl groups excluding tert-OH is 1. The number of aromatic nitrogens is 1. The molecule has 178 valence electrons. The molecule has 1 aliphatic rings. The van der Waals surface area contributed by atoms with Crippen LogP contribution in [0.25, 0.3) is 10.9 Å². The quantitative estimate of drug-likeness (QED) is 0.516. The first-order chi connectivity index (χ1) is 16.5. The maximum absolute atomic E-state index is 12.8. The van der Waals surface area contributed by atoms with Crippen molar-refractivity contribution in [2.75, 3.05) is 6.61 Å². The normalized spacial score (nSPS) is 20.0. The number of para-hydroxylation sites is 1. The third-order valence-corrected chi connectivity index (χ3v) is 6.19. The van der Waals surface area contributed by atoms with E-state index in [1.165, 1.54) is 0 Å². The number of amides is 1. The number of esters is 1. The van der Waals surface area contributed by atoms with Crippen LogP contribution in [0, 0.1) is 12.8 Å². The van der Waals surface area contributed by atoms with Crippen LogP contribution in [0.3, 0.4) is 0 Å². The number of hydrogen-bond acceptors (Lipinski definition) is 6. The average molecular weight is 463 g/mol. The molecule has 2 aromatic carbocycles. The van der Waals surface area contributed by atoms with Gasteiger partial charge in [0.1, 0.15) is 12.4 Å². The first-order valence-corrected chi connectivity index (χ1v) is 11.7. The Hall–Kier alpha value is -3.45. The Kier molecular flexibility index (Phi) is 7.43. The van der Waals surface area contributed by atoms with E-state index in [0.29, 0.717) is 30.8 Å². The van der Waals surface area contributed by atoms with E-state index in [2.05, 4.69) is 10.3 Å². The number of fused-ring (bicyclic) bond motifs is 1. The third kappa shape index (κ3) is 5.37. The molecular formula is C27H30N2O5. The van der Waals surface area contributed by atoms with Gasteiger partial charge < -0.3 is 19.9 Å². The van der Waals surface area contributed by atoms with Crippen molar-refractivity contribution < 1.29 is 24.2 Å². The largest absolute Gasteiger partial charge is 0.489 e. The Bertz CT molecular complexity index is 1160. The van der Waals surface area contributed by atoms with Crippen molar-refractivity contribution in [3.8, 4) is 5.75 Å². The molecule has 0 aliphatic heterocycles. The summed E-state index contributed by atoms with van der Waals surface area (Å²) in [6, 6.07) is 16.1. The van der Waals surface area contributed by atoms with E-state index >= 15 is 0 Å². The van der Waals surface area contributed by atoms with Gasteiger partial charge in [-0.15, -0.1) is 0 Å². The lowest BCUT2D eigenvalue weighted by Gasteiger charge is -2.34. The lowest BCUT2D eigenvalue weighted by molar-refractivity contribution is -0.151. The van der Waals surface area contributed by atoms with E-state index < -0.39 is 18.1 Å². The van der Waals surface area contributed by atoms with Gasteiger partial charge in [-0.05, 0) is 69.5 Å². The molecule has 1 heterocycles. The van der Waals surface area contributed by atoms with E-state index in [-0.39, 0.29) is 18.5 Å². The number of aliphatic hydroxyl groups is 1. The zero-order valence-corrected chi connectivity index (χ0v) is 19.5. The maximum atomic E-state index is 12.8. The number of aryl methyl sites for hydroxylation is 1. The molecule has 1 fully saturated rings. The van der Waals surface area contributed by atoms with Crippen LogP contribution in [0.4, 0.5) is 0 Å². The van der Waals surface area contributed by atoms with Gasteiger partial charge in [0.25, 0.3) is 5.91 Å². The van der Waals surface area contributed by atoms with E-state index in [1.807, 2.05) is 37.3 Å². The van der Waals surface area contributed by atoms with Crippen LogP contribution in [-0.4, -0.2) is 40.7 Å². The van der Waals surface area contributed by atoms with E-state index in [4.69, 9.17) is 9.47 Å². The minimum absolute atomic E-state index is 0.266. The highest BCUT2D eigenvalue weighted by atomic mass is 16.5. The first kappa shape index (κ1) is 23.7. The van der Waals surface area contributed by atoms with Gasteiger partial charge in [0.15, 0.2) is 0 Å². The average Bonchev–Trinajstić information content (AvgIpc) is 2.84. The summed E-state index contributed by atoms with van der Waals surface area (Å²) in [5.41, 5.74) is 3.33. The minimum atomic E-state index is -0.784. The standard InChI is InChI=1S/C27H30N2O5/c1-3-33-27(32)22-8-6-10-24(30)25(22)29-26(31)18-11-13-20(14-12-18)34-16-19-15-17(2)28-23-9-5-4-7-21(19)23/h4-5,7,9,11-15,22,24-25,30H,3,6,8,10,16H2,1-2H3,(H,29,31)/t22-,24-,25?/m0/s1. The van der Waals surface area contributed by atoms with Crippen LogP contribution in [0.15, 0.2) is 54.6 Å². The molecule has 1 aliphatic carbocycles. The van der Waals surface area contributed by atoms with Crippen molar-refractivity contribution >= 4 is 22.8 Å². The Balaban J connectivity index is 1.41. The van der Waals surface area contributed by atoms with Crippen LogP contribution in [0.1, 0.15) is 47.8 Å².